The van der Waals surface area contributed by atoms with Gasteiger partial charge in [0.05, 0.1) is 18.1 Å². The van der Waals surface area contributed by atoms with E-state index in [1.165, 1.54) is 11.8 Å². The van der Waals surface area contributed by atoms with Crippen LogP contribution in [0.2, 0.25) is 0 Å². The lowest BCUT2D eigenvalue weighted by Gasteiger charge is -2.19. The van der Waals surface area contributed by atoms with Crippen molar-refractivity contribution in [3.63, 3.8) is 0 Å². The molecule has 1 saturated heterocycles. The van der Waals surface area contributed by atoms with Gasteiger partial charge in [0, 0.05) is 31.0 Å². The van der Waals surface area contributed by atoms with E-state index >= 15 is 0 Å². The Bertz CT molecular complexity index is 757. The molecule has 0 spiro atoms. The fourth-order valence-electron chi connectivity index (χ4n) is 3.03. The molecule has 1 atom stereocenters. The standard InChI is InChI=1S/C19H23NO3S/c1-24(21,22)19-9-7-18(8-10-19)20-12-11-17(13-20)15-23-14-16-5-3-2-4-6-16/h2-10,17H,11-15H2,1H3. The largest absolute Gasteiger partial charge is 0.376 e. The van der Waals surface area contributed by atoms with Gasteiger partial charge in [-0.2, -0.15) is 0 Å². The van der Waals surface area contributed by atoms with Gasteiger partial charge < -0.3 is 9.64 Å². The summed E-state index contributed by atoms with van der Waals surface area (Å²) < 4.78 is 28.9. The van der Waals surface area contributed by atoms with E-state index in [1.54, 1.807) is 12.1 Å². The van der Waals surface area contributed by atoms with E-state index in [1.807, 2.05) is 30.3 Å². The summed E-state index contributed by atoms with van der Waals surface area (Å²) in [5.74, 6) is 0.517. The lowest BCUT2D eigenvalue weighted by Crippen LogP contribution is -2.21. The predicted molar refractivity (Wildman–Crippen MR) is 96.0 cm³/mol. The molecule has 2 aromatic rings. The van der Waals surface area contributed by atoms with Crippen molar-refractivity contribution < 1.29 is 13.2 Å². The topological polar surface area (TPSA) is 46.6 Å². The van der Waals surface area contributed by atoms with Gasteiger partial charge in [0.1, 0.15) is 0 Å². The van der Waals surface area contributed by atoms with Crippen LogP contribution in [0, 0.1) is 5.92 Å². The Morgan fingerprint density at radius 2 is 1.79 bits per heavy atom. The molecule has 0 aliphatic carbocycles. The lowest BCUT2D eigenvalue weighted by molar-refractivity contribution is 0.0929. The number of ether oxygens (including phenoxy) is 1. The van der Waals surface area contributed by atoms with Gasteiger partial charge >= 0.3 is 0 Å². The highest BCUT2D eigenvalue weighted by molar-refractivity contribution is 7.90. The Balaban J connectivity index is 1.50. The second-order valence-corrected chi connectivity index (χ2v) is 8.38. The number of rotatable bonds is 6. The molecule has 5 heteroatoms. The SMILES string of the molecule is CS(=O)(=O)c1ccc(N2CCC(COCc3ccccc3)C2)cc1. The molecule has 0 amide bonds. The summed E-state index contributed by atoms with van der Waals surface area (Å²) in [5, 5.41) is 0. The highest BCUT2D eigenvalue weighted by Gasteiger charge is 2.23. The minimum atomic E-state index is -3.13. The summed E-state index contributed by atoms with van der Waals surface area (Å²) in [6.07, 6.45) is 2.33. The van der Waals surface area contributed by atoms with Crippen molar-refractivity contribution >= 4 is 15.5 Å². The normalized spacial score (nSPS) is 18.0. The summed E-state index contributed by atoms with van der Waals surface area (Å²) in [6, 6.07) is 17.4. The molecule has 128 valence electrons. The maximum absolute atomic E-state index is 11.5. The Morgan fingerprint density at radius 3 is 2.46 bits per heavy atom. The van der Waals surface area contributed by atoms with Crippen molar-refractivity contribution in [2.24, 2.45) is 5.92 Å². The number of benzene rings is 2. The van der Waals surface area contributed by atoms with Gasteiger partial charge in [-0.25, -0.2) is 8.42 Å². The van der Waals surface area contributed by atoms with Crippen LogP contribution in [0.15, 0.2) is 59.5 Å². The molecule has 0 saturated carbocycles. The Labute approximate surface area is 144 Å². The fraction of sp³-hybridized carbons (Fsp3) is 0.368. The molecule has 1 unspecified atom stereocenters. The van der Waals surface area contributed by atoms with Gasteiger partial charge in [0.25, 0.3) is 0 Å². The molecule has 2 aromatic carbocycles. The summed E-state index contributed by atoms with van der Waals surface area (Å²) >= 11 is 0. The minimum Gasteiger partial charge on any atom is -0.376 e. The molecule has 24 heavy (non-hydrogen) atoms. The summed E-state index contributed by atoms with van der Waals surface area (Å²) in [6.45, 7) is 3.35. The first-order valence-corrected chi connectivity index (χ1v) is 10.1. The number of anilines is 1. The minimum absolute atomic E-state index is 0.369. The summed E-state index contributed by atoms with van der Waals surface area (Å²) in [5.41, 5.74) is 2.27. The van der Waals surface area contributed by atoms with E-state index in [4.69, 9.17) is 4.74 Å². The lowest BCUT2D eigenvalue weighted by atomic mass is 10.1. The molecule has 0 N–H and O–H groups in total. The van der Waals surface area contributed by atoms with Gasteiger partial charge in [0.2, 0.25) is 0 Å². The van der Waals surface area contributed by atoms with Gasteiger partial charge in [-0.05, 0) is 36.2 Å². The molecule has 3 rings (SSSR count). The van der Waals surface area contributed by atoms with Crippen molar-refractivity contribution in [1.82, 2.24) is 0 Å². The molecular weight excluding hydrogens is 322 g/mol. The van der Waals surface area contributed by atoms with Crippen LogP contribution in [0.3, 0.4) is 0 Å². The first-order chi connectivity index (χ1) is 11.5. The number of nitrogens with zero attached hydrogens (tertiary/aromatic N) is 1. The van der Waals surface area contributed by atoms with E-state index in [-0.39, 0.29) is 0 Å². The van der Waals surface area contributed by atoms with Crippen LogP contribution in [0.1, 0.15) is 12.0 Å². The number of hydrogen-bond acceptors (Lipinski definition) is 4. The maximum Gasteiger partial charge on any atom is 0.175 e. The van der Waals surface area contributed by atoms with Crippen LogP contribution in [-0.2, 0) is 21.2 Å². The highest BCUT2D eigenvalue weighted by atomic mass is 32.2. The zero-order chi connectivity index (χ0) is 17.0. The number of sulfone groups is 1. The van der Waals surface area contributed by atoms with Gasteiger partial charge in [0.15, 0.2) is 9.84 Å². The van der Waals surface area contributed by atoms with E-state index in [0.29, 0.717) is 17.4 Å². The first-order valence-electron chi connectivity index (χ1n) is 8.19. The molecule has 1 heterocycles. The molecule has 4 nitrogen and oxygen atoms in total. The van der Waals surface area contributed by atoms with Crippen LogP contribution in [-0.4, -0.2) is 34.4 Å². The first kappa shape index (κ1) is 17.0. The van der Waals surface area contributed by atoms with Crippen molar-refractivity contribution in [3.05, 3.63) is 60.2 Å². The third-order valence-corrected chi connectivity index (χ3v) is 5.51. The Kier molecular flexibility index (Phi) is 5.21. The maximum atomic E-state index is 11.5. The van der Waals surface area contributed by atoms with Crippen LogP contribution in [0.4, 0.5) is 5.69 Å². The van der Waals surface area contributed by atoms with Crippen molar-refractivity contribution in [2.45, 2.75) is 17.9 Å². The van der Waals surface area contributed by atoms with E-state index in [2.05, 4.69) is 17.0 Å². The monoisotopic (exact) mass is 345 g/mol. The van der Waals surface area contributed by atoms with Gasteiger partial charge in [-0.1, -0.05) is 30.3 Å². The molecule has 1 aliphatic rings. The Hall–Kier alpha value is -1.85. The van der Waals surface area contributed by atoms with E-state index < -0.39 is 9.84 Å². The molecule has 1 aliphatic heterocycles. The van der Waals surface area contributed by atoms with Crippen molar-refractivity contribution in [1.29, 1.82) is 0 Å². The van der Waals surface area contributed by atoms with E-state index in [9.17, 15) is 8.42 Å². The third kappa shape index (κ3) is 4.36. The predicted octanol–water partition coefficient (Wildman–Crippen LogP) is 3.13. The summed E-state index contributed by atoms with van der Waals surface area (Å²) in [4.78, 5) is 2.66. The second kappa shape index (κ2) is 7.36. The van der Waals surface area contributed by atoms with Crippen molar-refractivity contribution in [3.8, 4) is 0 Å². The quantitative estimate of drug-likeness (QED) is 0.807. The second-order valence-electron chi connectivity index (χ2n) is 6.37. The highest BCUT2D eigenvalue weighted by Crippen LogP contribution is 2.25. The average molecular weight is 345 g/mol. The zero-order valence-corrected chi connectivity index (χ0v) is 14.7. The van der Waals surface area contributed by atoms with Crippen LogP contribution >= 0.6 is 0 Å². The number of hydrogen-bond donors (Lipinski definition) is 0. The molecule has 0 bridgehead atoms. The molecule has 0 radical (unpaired) electrons. The Morgan fingerprint density at radius 1 is 1.08 bits per heavy atom. The third-order valence-electron chi connectivity index (χ3n) is 4.38. The smallest absolute Gasteiger partial charge is 0.175 e. The van der Waals surface area contributed by atoms with Crippen molar-refractivity contribution in [2.75, 3.05) is 30.9 Å². The molecule has 1 fully saturated rings. The van der Waals surface area contributed by atoms with Crippen LogP contribution in [0.25, 0.3) is 0 Å². The van der Waals surface area contributed by atoms with E-state index in [0.717, 1.165) is 31.8 Å². The van der Waals surface area contributed by atoms with Crippen LogP contribution in [0.5, 0.6) is 0 Å². The van der Waals surface area contributed by atoms with Gasteiger partial charge in [-0.15, -0.1) is 0 Å². The molecular formula is C19H23NO3S. The fourth-order valence-corrected chi connectivity index (χ4v) is 3.66. The summed E-state index contributed by atoms with van der Waals surface area (Å²) in [7, 11) is -3.13. The zero-order valence-electron chi connectivity index (χ0n) is 13.9. The molecule has 0 aromatic heterocycles. The van der Waals surface area contributed by atoms with Gasteiger partial charge in [-0.3, -0.25) is 0 Å². The van der Waals surface area contributed by atoms with Crippen LogP contribution < -0.4 is 4.90 Å². The average Bonchev–Trinajstić information content (AvgIpc) is 3.04.